The first-order chi connectivity index (χ1) is 16.9. The molecule has 0 atom stereocenters. The summed E-state index contributed by atoms with van der Waals surface area (Å²) in [6.45, 7) is 0.908. The molecule has 0 N–H and O–H groups in total. The van der Waals surface area contributed by atoms with Crippen LogP contribution in [0.5, 0.6) is 11.5 Å². The van der Waals surface area contributed by atoms with Gasteiger partial charge in [-0.15, -0.1) is 0 Å². The van der Waals surface area contributed by atoms with Gasteiger partial charge < -0.3 is 19.1 Å². The summed E-state index contributed by atoms with van der Waals surface area (Å²) in [5.74, 6) is -0.384. The monoisotopic (exact) mass is 499 g/mol. The molecule has 2 aliphatic heterocycles. The highest BCUT2D eigenvalue weighted by Crippen LogP contribution is 2.36. The fourth-order valence-electron chi connectivity index (χ4n) is 3.92. The van der Waals surface area contributed by atoms with E-state index in [2.05, 4.69) is 4.98 Å². The highest BCUT2D eigenvalue weighted by Gasteiger charge is 2.31. The van der Waals surface area contributed by atoms with E-state index >= 15 is 0 Å². The molecule has 0 saturated carbocycles. The van der Waals surface area contributed by atoms with Crippen molar-refractivity contribution in [2.45, 2.75) is 11.4 Å². The van der Waals surface area contributed by atoms with Crippen molar-refractivity contribution in [2.24, 2.45) is 0 Å². The van der Waals surface area contributed by atoms with E-state index in [9.17, 15) is 17.6 Å². The number of rotatable bonds is 6. The van der Waals surface area contributed by atoms with Gasteiger partial charge in [0.1, 0.15) is 10.7 Å². The molecule has 1 saturated heterocycles. The predicted octanol–water partition coefficient (Wildman–Crippen LogP) is 2.82. The fourth-order valence-corrected chi connectivity index (χ4v) is 5.42. The molecular formula is C24H22FN3O6S. The number of nitrogens with zero attached hydrogens (tertiary/aromatic N) is 3. The molecule has 0 bridgehead atoms. The van der Waals surface area contributed by atoms with Crippen LogP contribution in [0, 0.1) is 5.82 Å². The Balaban J connectivity index is 1.52. The van der Waals surface area contributed by atoms with Gasteiger partial charge in [0.2, 0.25) is 16.8 Å². The van der Waals surface area contributed by atoms with Crippen LogP contribution in [0.1, 0.15) is 15.9 Å². The van der Waals surface area contributed by atoms with E-state index in [0.29, 0.717) is 17.2 Å². The summed E-state index contributed by atoms with van der Waals surface area (Å²) in [6.07, 6.45) is 3.26. The molecule has 182 valence electrons. The molecule has 5 rings (SSSR count). The summed E-state index contributed by atoms with van der Waals surface area (Å²) in [6, 6.07) is 12.0. The van der Waals surface area contributed by atoms with Gasteiger partial charge in [-0.2, -0.15) is 4.31 Å². The number of pyridine rings is 1. The third-order valence-corrected chi connectivity index (χ3v) is 7.66. The minimum atomic E-state index is -4.14. The molecule has 11 heteroatoms. The quantitative estimate of drug-likeness (QED) is 0.514. The second-order valence-electron chi connectivity index (χ2n) is 7.95. The number of ether oxygens (including phenoxy) is 3. The number of sulfonamides is 1. The van der Waals surface area contributed by atoms with Gasteiger partial charge in [0.15, 0.2) is 11.5 Å². The molecule has 3 heterocycles. The summed E-state index contributed by atoms with van der Waals surface area (Å²) in [5.41, 5.74) is 1.28. The smallest absolute Gasteiger partial charge is 0.258 e. The first-order valence-electron chi connectivity index (χ1n) is 10.9. The van der Waals surface area contributed by atoms with Crippen molar-refractivity contribution in [1.29, 1.82) is 0 Å². The maximum atomic E-state index is 14.7. The highest BCUT2D eigenvalue weighted by molar-refractivity contribution is 7.89. The van der Waals surface area contributed by atoms with Crippen molar-refractivity contribution in [1.82, 2.24) is 9.29 Å². The van der Waals surface area contributed by atoms with Gasteiger partial charge in [-0.1, -0.05) is 6.07 Å². The lowest BCUT2D eigenvalue weighted by Crippen LogP contribution is -2.41. The van der Waals surface area contributed by atoms with Crippen molar-refractivity contribution in [2.75, 3.05) is 38.0 Å². The Morgan fingerprint density at radius 2 is 1.86 bits per heavy atom. The van der Waals surface area contributed by atoms with E-state index in [1.54, 1.807) is 36.7 Å². The van der Waals surface area contributed by atoms with Crippen LogP contribution < -0.4 is 14.4 Å². The van der Waals surface area contributed by atoms with Crippen LogP contribution in [0.2, 0.25) is 0 Å². The Kier molecular flexibility index (Phi) is 6.37. The lowest BCUT2D eigenvalue weighted by Gasteiger charge is -2.27. The zero-order valence-electron chi connectivity index (χ0n) is 18.6. The normalized spacial score (nSPS) is 15.7. The van der Waals surface area contributed by atoms with E-state index < -0.39 is 26.6 Å². The average Bonchev–Trinajstić information content (AvgIpc) is 3.36. The molecule has 1 aromatic heterocycles. The zero-order valence-corrected chi connectivity index (χ0v) is 19.4. The van der Waals surface area contributed by atoms with E-state index in [-0.39, 0.29) is 45.2 Å². The van der Waals surface area contributed by atoms with Crippen molar-refractivity contribution in [3.8, 4) is 11.5 Å². The van der Waals surface area contributed by atoms with E-state index in [1.165, 1.54) is 11.0 Å². The maximum absolute atomic E-state index is 14.7. The molecule has 3 aromatic rings. The minimum absolute atomic E-state index is 0.0276. The third-order valence-electron chi connectivity index (χ3n) is 5.74. The molecule has 0 spiro atoms. The molecular weight excluding hydrogens is 477 g/mol. The molecule has 35 heavy (non-hydrogen) atoms. The van der Waals surface area contributed by atoms with Crippen molar-refractivity contribution < 1.29 is 31.8 Å². The van der Waals surface area contributed by atoms with Gasteiger partial charge in [-0.3, -0.25) is 9.78 Å². The second kappa shape index (κ2) is 9.61. The Morgan fingerprint density at radius 3 is 2.63 bits per heavy atom. The van der Waals surface area contributed by atoms with E-state index in [0.717, 1.165) is 22.0 Å². The summed E-state index contributed by atoms with van der Waals surface area (Å²) in [5, 5.41) is 0. The van der Waals surface area contributed by atoms with E-state index in [4.69, 9.17) is 14.2 Å². The topological polar surface area (TPSA) is 98.3 Å². The van der Waals surface area contributed by atoms with Gasteiger partial charge in [-0.05, 0) is 42.0 Å². The largest absolute Gasteiger partial charge is 0.454 e. The van der Waals surface area contributed by atoms with E-state index in [1.807, 2.05) is 6.07 Å². The highest BCUT2D eigenvalue weighted by atomic mass is 32.2. The van der Waals surface area contributed by atoms with Crippen molar-refractivity contribution >= 4 is 21.6 Å². The number of halogens is 1. The second-order valence-corrected chi connectivity index (χ2v) is 9.86. The zero-order chi connectivity index (χ0) is 24.4. The van der Waals surface area contributed by atoms with Crippen LogP contribution in [0.4, 0.5) is 10.1 Å². The number of fused-ring (bicyclic) bond motifs is 1. The Bertz CT molecular complexity index is 1350. The lowest BCUT2D eigenvalue weighted by atomic mass is 10.1. The molecule has 0 radical (unpaired) electrons. The Morgan fingerprint density at radius 1 is 1.06 bits per heavy atom. The number of hydrogen-bond acceptors (Lipinski definition) is 7. The van der Waals surface area contributed by atoms with Crippen LogP contribution in [0.25, 0.3) is 0 Å². The first-order valence-corrected chi connectivity index (χ1v) is 12.4. The minimum Gasteiger partial charge on any atom is -0.454 e. The Labute approximate surface area is 201 Å². The number of aromatic nitrogens is 1. The fraction of sp³-hybridized carbons (Fsp3) is 0.250. The van der Waals surface area contributed by atoms with Crippen molar-refractivity contribution in [3.63, 3.8) is 0 Å². The van der Waals surface area contributed by atoms with Crippen LogP contribution in [0.15, 0.2) is 65.8 Å². The maximum Gasteiger partial charge on any atom is 0.258 e. The molecule has 1 amide bonds. The number of amides is 1. The number of anilines is 1. The number of morpholine rings is 1. The first kappa shape index (κ1) is 23.2. The lowest BCUT2D eigenvalue weighted by molar-refractivity contribution is 0.0729. The number of benzene rings is 2. The molecule has 9 nitrogen and oxygen atoms in total. The summed E-state index contributed by atoms with van der Waals surface area (Å²) in [4.78, 5) is 18.7. The number of hydrogen-bond donors (Lipinski definition) is 0. The molecule has 0 aliphatic carbocycles. The van der Waals surface area contributed by atoms with Gasteiger partial charge in [0.05, 0.1) is 19.8 Å². The van der Waals surface area contributed by atoms with Crippen LogP contribution in [-0.4, -0.2) is 56.7 Å². The third kappa shape index (κ3) is 4.70. The average molecular weight is 500 g/mol. The van der Waals surface area contributed by atoms with Crippen LogP contribution >= 0.6 is 0 Å². The van der Waals surface area contributed by atoms with Crippen LogP contribution in [-0.2, 0) is 21.3 Å². The number of carbonyl (C=O) groups is 1. The van der Waals surface area contributed by atoms with Gasteiger partial charge in [0, 0.05) is 42.8 Å². The summed E-state index contributed by atoms with van der Waals surface area (Å²) >= 11 is 0. The SMILES string of the molecule is O=C(c1ccc(F)c(S(=O)(=O)N2CCOCC2)c1)N(Cc1cccnc1)c1ccc2c(c1)OCO2. The number of carbonyl (C=O) groups excluding carboxylic acids is 1. The molecule has 2 aromatic carbocycles. The molecule has 2 aliphatic rings. The van der Waals surface area contributed by atoms with Gasteiger partial charge >= 0.3 is 0 Å². The molecule has 0 unspecified atom stereocenters. The summed E-state index contributed by atoms with van der Waals surface area (Å²) in [7, 11) is -4.14. The van der Waals surface area contributed by atoms with Gasteiger partial charge in [0.25, 0.3) is 5.91 Å². The molecule has 1 fully saturated rings. The standard InChI is InChI=1S/C24H22FN3O6S/c25-20-5-3-18(12-23(20)35(30,31)27-8-10-32-11-9-27)24(29)28(15-17-2-1-7-26-14-17)19-4-6-21-22(13-19)34-16-33-21/h1-7,12-14H,8-11,15-16H2. The summed E-state index contributed by atoms with van der Waals surface area (Å²) < 4.78 is 58.1. The van der Waals surface area contributed by atoms with Crippen LogP contribution in [0.3, 0.4) is 0 Å². The van der Waals surface area contributed by atoms with Crippen molar-refractivity contribution in [3.05, 3.63) is 77.9 Å². The van der Waals surface area contributed by atoms with Gasteiger partial charge in [-0.25, -0.2) is 12.8 Å². The predicted molar refractivity (Wildman–Crippen MR) is 123 cm³/mol. The Hall–Kier alpha value is -3.54.